The van der Waals surface area contributed by atoms with Crippen molar-refractivity contribution in [1.82, 2.24) is 10.6 Å². The summed E-state index contributed by atoms with van der Waals surface area (Å²) in [5, 5.41) is 5.82. The summed E-state index contributed by atoms with van der Waals surface area (Å²) in [7, 11) is 1.82. The Bertz CT molecular complexity index is 530. The molecule has 0 aliphatic heterocycles. The van der Waals surface area contributed by atoms with Gasteiger partial charge >= 0.3 is 6.18 Å². The molecule has 2 rings (SSSR count). The molecule has 0 saturated heterocycles. The molecule has 3 nitrogen and oxygen atoms in total. The molecule has 1 fully saturated rings. The van der Waals surface area contributed by atoms with Gasteiger partial charge in [0.2, 0.25) is 5.91 Å². The molecule has 0 spiro atoms. The van der Waals surface area contributed by atoms with Crippen molar-refractivity contribution in [2.45, 2.75) is 37.3 Å². The number of halogens is 4. The number of hydrogen-bond donors (Lipinski definition) is 2. The minimum Gasteiger partial charge on any atom is -0.355 e. The fourth-order valence-corrected chi connectivity index (χ4v) is 2.53. The number of hydrogen-bond acceptors (Lipinski definition) is 2. The Balaban J connectivity index is 0.00000264. The number of amides is 1. The van der Waals surface area contributed by atoms with Gasteiger partial charge in [0.05, 0.1) is 5.56 Å². The molecule has 0 radical (unpaired) electrons. The summed E-state index contributed by atoms with van der Waals surface area (Å²) in [6, 6.07) is 5.44. The Morgan fingerprint density at radius 1 is 1.30 bits per heavy atom. The molecule has 7 heteroatoms. The fraction of sp³-hybridized carbons (Fsp3) is 0.562. The van der Waals surface area contributed by atoms with Crippen LogP contribution in [0.2, 0.25) is 0 Å². The van der Waals surface area contributed by atoms with E-state index in [9.17, 15) is 18.0 Å². The van der Waals surface area contributed by atoms with E-state index in [1.54, 1.807) is 6.07 Å². The smallest absolute Gasteiger partial charge is 0.355 e. The second-order valence-electron chi connectivity index (χ2n) is 5.84. The molecule has 1 saturated carbocycles. The van der Waals surface area contributed by atoms with Crippen LogP contribution in [0.5, 0.6) is 0 Å². The Morgan fingerprint density at radius 3 is 2.57 bits per heavy atom. The van der Waals surface area contributed by atoms with Crippen molar-refractivity contribution in [1.29, 1.82) is 0 Å². The molecule has 1 aliphatic rings. The van der Waals surface area contributed by atoms with Gasteiger partial charge in [-0.2, -0.15) is 13.2 Å². The van der Waals surface area contributed by atoms with Gasteiger partial charge in [-0.1, -0.05) is 18.2 Å². The van der Waals surface area contributed by atoms with Crippen LogP contribution in [0.3, 0.4) is 0 Å². The Labute approximate surface area is 140 Å². The quantitative estimate of drug-likeness (QED) is 0.741. The second kappa shape index (κ2) is 8.02. The average molecular weight is 351 g/mol. The van der Waals surface area contributed by atoms with E-state index in [4.69, 9.17) is 0 Å². The Kier molecular flexibility index (Phi) is 6.89. The molecule has 0 heterocycles. The standard InChI is InChI=1S/C16H21F3N2O.ClH/c1-20-9-3-6-14(22)21-11-15(7-8-15)12-4-2-5-13(10-12)16(17,18)19;/h2,4-5,10,20H,3,6-9,11H2,1H3,(H,21,22);1H. The van der Waals surface area contributed by atoms with E-state index < -0.39 is 11.7 Å². The van der Waals surface area contributed by atoms with Gasteiger partial charge in [0.1, 0.15) is 0 Å². The SMILES string of the molecule is CNCCCC(=O)NCC1(c2cccc(C(F)(F)F)c2)CC1.Cl. The molecule has 1 aromatic carbocycles. The number of rotatable bonds is 7. The lowest BCUT2D eigenvalue weighted by Gasteiger charge is -2.18. The molecular formula is C16H22ClF3N2O. The van der Waals surface area contributed by atoms with Crippen LogP contribution >= 0.6 is 12.4 Å². The van der Waals surface area contributed by atoms with Crippen LogP contribution in [0.4, 0.5) is 13.2 Å². The van der Waals surface area contributed by atoms with E-state index in [1.165, 1.54) is 12.1 Å². The first-order valence-corrected chi connectivity index (χ1v) is 7.46. The lowest BCUT2D eigenvalue weighted by molar-refractivity contribution is -0.137. The topological polar surface area (TPSA) is 41.1 Å². The predicted molar refractivity (Wildman–Crippen MR) is 85.8 cm³/mol. The average Bonchev–Trinajstić information content (AvgIpc) is 3.26. The van der Waals surface area contributed by atoms with E-state index >= 15 is 0 Å². The monoisotopic (exact) mass is 350 g/mol. The van der Waals surface area contributed by atoms with Crippen molar-refractivity contribution >= 4 is 18.3 Å². The summed E-state index contributed by atoms with van der Waals surface area (Å²) in [4.78, 5) is 11.7. The zero-order valence-corrected chi connectivity index (χ0v) is 13.8. The third kappa shape index (κ3) is 5.39. The third-order valence-corrected chi connectivity index (χ3v) is 4.11. The molecule has 1 aliphatic carbocycles. The first-order valence-electron chi connectivity index (χ1n) is 7.46. The molecular weight excluding hydrogens is 329 g/mol. The van der Waals surface area contributed by atoms with E-state index in [1.807, 2.05) is 7.05 Å². The molecule has 1 amide bonds. The molecule has 0 atom stereocenters. The minimum atomic E-state index is -4.33. The normalized spacial score (nSPS) is 15.7. The van der Waals surface area contributed by atoms with Crippen LogP contribution in [0.25, 0.3) is 0 Å². The van der Waals surface area contributed by atoms with Crippen LogP contribution in [-0.4, -0.2) is 26.0 Å². The molecule has 130 valence electrons. The van der Waals surface area contributed by atoms with Crippen LogP contribution in [-0.2, 0) is 16.4 Å². The summed E-state index contributed by atoms with van der Waals surface area (Å²) in [6.45, 7) is 1.18. The van der Waals surface area contributed by atoms with Crippen molar-refractivity contribution in [3.63, 3.8) is 0 Å². The Hall–Kier alpha value is -1.27. The lowest BCUT2D eigenvalue weighted by Crippen LogP contribution is -2.32. The van der Waals surface area contributed by atoms with Crippen LogP contribution in [0.15, 0.2) is 24.3 Å². The summed E-state index contributed by atoms with van der Waals surface area (Å²) in [5.41, 5.74) is -0.283. The highest BCUT2D eigenvalue weighted by Crippen LogP contribution is 2.48. The van der Waals surface area contributed by atoms with Gasteiger partial charge in [-0.25, -0.2) is 0 Å². The maximum atomic E-state index is 12.8. The van der Waals surface area contributed by atoms with Gasteiger partial charge in [-0.3, -0.25) is 4.79 Å². The highest BCUT2D eigenvalue weighted by molar-refractivity contribution is 5.85. The largest absolute Gasteiger partial charge is 0.416 e. The zero-order valence-electron chi connectivity index (χ0n) is 13.0. The van der Waals surface area contributed by atoms with E-state index in [-0.39, 0.29) is 23.7 Å². The summed E-state index contributed by atoms with van der Waals surface area (Å²) < 4.78 is 38.4. The van der Waals surface area contributed by atoms with Crippen molar-refractivity contribution in [2.75, 3.05) is 20.1 Å². The maximum Gasteiger partial charge on any atom is 0.416 e. The number of nitrogens with one attached hydrogen (secondary N) is 2. The van der Waals surface area contributed by atoms with Gasteiger partial charge in [0, 0.05) is 18.4 Å². The number of carbonyl (C=O) groups excluding carboxylic acids is 1. The van der Waals surface area contributed by atoms with Gasteiger partial charge in [-0.15, -0.1) is 12.4 Å². The molecule has 0 aromatic heterocycles. The zero-order chi connectivity index (χ0) is 16.2. The second-order valence-corrected chi connectivity index (χ2v) is 5.84. The number of carbonyl (C=O) groups is 1. The first kappa shape index (κ1) is 19.8. The summed E-state index contributed by atoms with van der Waals surface area (Å²) in [6.07, 6.45) is -1.53. The third-order valence-electron chi connectivity index (χ3n) is 4.11. The van der Waals surface area contributed by atoms with Crippen LogP contribution < -0.4 is 10.6 Å². The van der Waals surface area contributed by atoms with Crippen LogP contribution in [0.1, 0.15) is 36.8 Å². The summed E-state index contributed by atoms with van der Waals surface area (Å²) >= 11 is 0. The Morgan fingerprint density at radius 2 is 2.00 bits per heavy atom. The minimum absolute atomic E-state index is 0. The summed E-state index contributed by atoms with van der Waals surface area (Å²) in [5.74, 6) is -0.0477. The highest BCUT2D eigenvalue weighted by atomic mass is 35.5. The van der Waals surface area contributed by atoms with E-state index in [0.717, 1.165) is 31.9 Å². The highest BCUT2D eigenvalue weighted by Gasteiger charge is 2.45. The number of benzene rings is 1. The molecule has 1 aromatic rings. The molecule has 2 N–H and O–H groups in total. The first-order chi connectivity index (χ1) is 10.4. The predicted octanol–water partition coefficient (Wildman–Crippen LogP) is 3.27. The van der Waals surface area contributed by atoms with Gasteiger partial charge in [0.25, 0.3) is 0 Å². The van der Waals surface area contributed by atoms with Crippen molar-refractivity contribution < 1.29 is 18.0 Å². The molecule has 0 bridgehead atoms. The fourth-order valence-electron chi connectivity index (χ4n) is 2.53. The van der Waals surface area contributed by atoms with Crippen molar-refractivity contribution in [2.24, 2.45) is 0 Å². The lowest BCUT2D eigenvalue weighted by atomic mass is 9.94. The van der Waals surface area contributed by atoms with Gasteiger partial charge in [0.15, 0.2) is 0 Å². The van der Waals surface area contributed by atoms with Crippen LogP contribution in [0, 0.1) is 0 Å². The molecule has 23 heavy (non-hydrogen) atoms. The number of alkyl halides is 3. The molecule has 0 unspecified atom stereocenters. The van der Waals surface area contributed by atoms with E-state index in [2.05, 4.69) is 10.6 Å². The van der Waals surface area contributed by atoms with E-state index in [0.29, 0.717) is 18.5 Å². The van der Waals surface area contributed by atoms with Gasteiger partial charge < -0.3 is 10.6 Å². The van der Waals surface area contributed by atoms with Crippen molar-refractivity contribution in [3.05, 3.63) is 35.4 Å². The maximum absolute atomic E-state index is 12.8. The van der Waals surface area contributed by atoms with Gasteiger partial charge in [-0.05, 0) is 44.5 Å². The van der Waals surface area contributed by atoms with Crippen molar-refractivity contribution in [3.8, 4) is 0 Å².